The van der Waals surface area contributed by atoms with E-state index in [9.17, 15) is 4.79 Å². The molecule has 1 amide bonds. The van der Waals surface area contributed by atoms with Gasteiger partial charge in [0, 0.05) is 47.2 Å². The van der Waals surface area contributed by atoms with Gasteiger partial charge in [0.25, 0.3) is 0 Å². The summed E-state index contributed by atoms with van der Waals surface area (Å²) in [7, 11) is 0. The summed E-state index contributed by atoms with van der Waals surface area (Å²) in [6.45, 7) is 1.31. The molecular weight excluding hydrogens is 326 g/mol. The summed E-state index contributed by atoms with van der Waals surface area (Å²) < 4.78 is 1.91. The van der Waals surface area contributed by atoms with E-state index < -0.39 is 0 Å². The Morgan fingerprint density at radius 2 is 2.13 bits per heavy atom. The number of rotatable bonds is 6. The first-order valence-electron chi connectivity index (χ1n) is 7.81. The zero-order chi connectivity index (χ0) is 15.9. The second kappa shape index (κ2) is 8.45. The van der Waals surface area contributed by atoms with E-state index in [1.54, 1.807) is 0 Å². The number of carbonyl (C=O) groups excluding carboxylic acids is 1. The molecule has 2 aromatic rings. The second-order valence-corrected chi connectivity index (χ2v) is 8.14. The molecule has 4 nitrogen and oxygen atoms in total. The zero-order valence-electron chi connectivity index (χ0n) is 13.0. The normalized spacial score (nSPS) is 17.8. The van der Waals surface area contributed by atoms with E-state index in [1.807, 2.05) is 58.8 Å². The molecule has 122 valence electrons. The Kier molecular flexibility index (Phi) is 6.05. The summed E-state index contributed by atoms with van der Waals surface area (Å²) in [6.07, 6.45) is 4.45. The number of amides is 1. The van der Waals surface area contributed by atoms with Crippen molar-refractivity contribution in [1.29, 1.82) is 0 Å². The predicted octanol–water partition coefficient (Wildman–Crippen LogP) is 2.79. The van der Waals surface area contributed by atoms with Crippen molar-refractivity contribution in [2.45, 2.75) is 24.8 Å². The standard InChI is InChI=1S/C17H21N3OS2/c21-17(8-16-13-22-6-7-23-16)18-9-15-10-19-20(12-15)11-14-4-2-1-3-5-14/h1-5,10,12,16H,6-9,11,13H2,(H,18,21). The zero-order valence-corrected chi connectivity index (χ0v) is 14.6. The van der Waals surface area contributed by atoms with E-state index >= 15 is 0 Å². The fourth-order valence-corrected chi connectivity index (χ4v) is 5.17. The summed E-state index contributed by atoms with van der Waals surface area (Å²) in [4.78, 5) is 12.0. The Hall–Kier alpha value is -1.40. The van der Waals surface area contributed by atoms with Crippen LogP contribution in [0.1, 0.15) is 17.5 Å². The summed E-state index contributed by atoms with van der Waals surface area (Å²) >= 11 is 3.87. The molecule has 0 saturated carbocycles. The molecule has 23 heavy (non-hydrogen) atoms. The van der Waals surface area contributed by atoms with Gasteiger partial charge in [-0.1, -0.05) is 30.3 Å². The lowest BCUT2D eigenvalue weighted by atomic mass is 10.2. The Labute approximate surface area is 145 Å². The SMILES string of the molecule is O=C(CC1CSCCS1)NCc1cnn(Cc2ccccc2)c1. The van der Waals surface area contributed by atoms with Crippen molar-refractivity contribution in [1.82, 2.24) is 15.1 Å². The molecule has 1 unspecified atom stereocenters. The van der Waals surface area contributed by atoms with Crippen LogP contribution < -0.4 is 5.32 Å². The van der Waals surface area contributed by atoms with Gasteiger partial charge in [-0.25, -0.2) is 0 Å². The highest BCUT2D eigenvalue weighted by atomic mass is 32.2. The van der Waals surface area contributed by atoms with Crippen LogP contribution in [0.5, 0.6) is 0 Å². The van der Waals surface area contributed by atoms with Crippen LogP contribution >= 0.6 is 23.5 Å². The van der Waals surface area contributed by atoms with Crippen LogP contribution in [0, 0.1) is 0 Å². The summed E-state index contributed by atoms with van der Waals surface area (Å²) in [5.74, 6) is 3.60. The summed E-state index contributed by atoms with van der Waals surface area (Å²) in [5, 5.41) is 7.84. The minimum atomic E-state index is 0.140. The molecule has 0 radical (unpaired) electrons. The number of benzene rings is 1. The molecule has 1 aromatic carbocycles. The lowest BCUT2D eigenvalue weighted by molar-refractivity contribution is -0.121. The second-order valence-electron chi connectivity index (χ2n) is 5.58. The minimum absolute atomic E-state index is 0.140. The van der Waals surface area contributed by atoms with Crippen molar-refractivity contribution in [3.8, 4) is 0 Å². The Balaban J connectivity index is 1.44. The van der Waals surface area contributed by atoms with Gasteiger partial charge in [0.1, 0.15) is 0 Å². The van der Waals surface area contributed by atoms with Crippen LogP contribution in [0.2, 0.25) is 0 Å². The number of thioether (sulfide) groups is 2. The maximum absolute atomic E-state index is 12.0. The van der Waals surface area contributed by atoms with E-state index in [0.717, 1.165) is 23.6 Å². The van der Waals surface area contributed by atoms with Gasteiger partial charge in [-0.3, -0.25) is 9.48 Å². The molecule has 0 aliphatic carbocycles. The highest BCUT2D eigenvalue weighted by Crippen LogP contribution is 2.26. The lowest BCUT2D eigenvalue weighted by Gasteiger charge is -2.20. The molecule has 3 rings (SSSR count). The van der Waals surface area contributed by atoms with E-state index in [4.69, 9.17) is 0 Å². The van der Waals surface area contributed by atoms with Crippen LogP contribution in [-0.4, -0.2) is 38.2 Å². The van der Waals surface area contributed by atoms with Crippen molar-refractivity contribution < 1.29 is 4.79 Å². The van der Waals surface area contributed by atoms with Gasteiger partial charge in [-0.05, 0) is 5.56 Å². The molecular formula is C17H21N3OS2. The molecule has 6 heteroatoms. The molecule has 1 fully saturated rings. The van der Waals surface area contributed by atoms with E-state index in [0.29, 0.717) is 18.2 Å². The van der Waals surface area contributed by atoms with Crippen LogP contribution in [-0.2, 0) is 17.9 Å². The van der Waals surface area contributed by atoms with E-state index in [1.165, 1.54) is 11.3 Å². The highest BCUT2D eigenvalue weighted by Gasteiger charge is 2.17. The quantitative estimate of drug-likeness (QED) is 0.873. The fourth-order valence-electron chi connectivity index (χ4n) is 2.49. The van der Waals surface area contributed by atoms with Crippen LogP contribution in [0.25, 0.3) is 0 Å². The first kappa shape index (κ1) is 16.5. The van der Waals surface area contributed by atoms with Crippen LogP contribution in [0.3, 0.4) is 0 Å². The molecule has 1 aliphatic rings. The molecule has 1 N–H and O–H groups in total. The third-order valence-corrected chi connectivity index (χ3v) is 6.51. The van der Waals surface area contributed by atoms with Gasteiger partial charge in [-0.15, -0.1) is 0 Å². The van der Waals surface area contributed by atoms with Crippen molar-refractivity contribution in [3.05, 3.63) is 53.9 Å². The van der Waals surface area contributed by atoms with E-state index in [-0.39, 0.29) is 5.91 Å². The maximum atomic E-state index is 12.0. The number of nitrogens with zero attached hydrogens (tertiary/aromatic N) is 2. The Bertz CT molecular complexity index is 624. The van der Waals surface area contributed by atoms with Crippen LogP contribution in [0.15, 0.2) is 42.7 Å². The smallest absolute Gasteiger partial charge is 0.221 e. The van der Waals surface area contributed by atoms with Crippen molar-refractivity contribution in [2.75, 3.05) is 17.3 Å². The number of aromatic nitrogens is 2. The maximum Gasteiger partial charge on any atom is 0.221 e. The van der Waals surface area contributed by atoms with Gasteiger partial charge in [0.15, 0.2) is 0 Å². The lowest BCUT2D eigenvalue weighted by Crippen LogP contribution is -2.28. The topological polar surface area (TPSA) is 46.9 Å². The van der Waals surface area contributed by atoms with Gasteiger partial charge in [0.05, 0.1) is 12.7 Å². The summed E-state index contributed by atoms with van der Waals surface area (Å²) in [6, 6.07) is 10.2. The fraction of sp³-hybridized carbons (Fsp3) is 0.412. The first-order valence-corrected chi connectivity index (χ1v) is 10.0. The molecule has 0 bridgehead atoms. The highest BCUT2D eigenvalue weighted by molar-refractivity contribution is 8.06. The number of carbonyl (C=O) groups is 1. The molecule has 1 aromatic heterocycles. The van der Waals surface area contributed by atoms with Gasteiger partial charge in [0.2, 0.25) is 5.91 Å². The van der Waals surface area contributed by atoms with Crippen molar-refractivity contribution >= 4 is 29.4 Å². The van der Waals surface area contributed by atoms with E-state index in [2.05, 4.69) is 22.5 Å². The molecule has 1 saturated heterocycles. The Morgan fingerprint density at radius 1 is 1.26 bits per heavy atom. The molecule has 2 heterocycles. The largest absolute Gasteiger partial charge is 0.352 e. The number of hydrogen-bond donors (Lipinski definition) is 1. The third kappa shape index (κ3) is 5.32. The average molecular weight is 348 g/mol. The number of nitrogens with one attached hydrogen (secondary N) is 1. The molecule has 1 aliphatic heterocycles. The average Bonchev–Trinajstić information content (AvgIpc) is 3.02. The Morgan fingerprint density at radius 3 is 2.91 bits per heavy atom. The molecule has 0 spiro atoms. The number of hydrogen-bond acceptors (Lipinski definition) is 4. The van der Waals surface area contributed by atoms with Crippen molar-refractivity contribution in [2.24, 2.45) is 0 Å². The van der Waals surface area contributed by atoms with Gasteiger partial charge >= 0.3 is 0 Å². The van der Waals surface area contributed by atoms with Gasteiger partial charge < -0.3 is 5.32 Å². The summed E-state index contributed by atoms with van der Waals surface area (Å²) in [5.41, 5.74) is 2.26. The first-order chi connectivity index (χ1) is 11.3. The third-order valence-electron chi connectivity index (χ3n) is 3.66. The monoisotopic (exact) mass is 347 g/mol. The minimum Gasteiger partial charge on any atom is -0.352 e. The molecule has 1 atom stereocenters. The predicted molar refractivity (Wildman–Crippen MR) is 97.8 cm³/mol. The van der Waals surface area contributed by atoms with Gasteiger partial charge in [-0.2, -0.15) is 28.6 Å². The van der Waals surface area contributed by atoms with Crippen LogP contribution in [0.4, 0.5) is 0 Å². The van der Waals surface area contributed by atoms with Crippen molar-refractivity contribution in [3.63, 3.8) is 0 Å².